The van der Waals surface area contributed by atoms with Gasteiger partial charge in [0.15, 0.2) is 11.6 Å². The third-order valence-electron chi connectivity index (χ3n) is 9.95. The number of para-hydroxylation sites is 2. The number of rotatable bonds is 6. The van der Waals surface area contributed by atoms with Crippen molar-refractivity contribution in [3.8, 4) is 28.7 Å². The van der Waals surface area contributed by atoms with Crippen molar-refractivity contribution in [2.45, 2.75) is 12.0 Å². The molecular formula is C45H32N6. The van der Waals surface area contributed by atoms with Crippen LogP contribution in [0.5, 0.6) is 0 Å². The Morgan fingerprint density at radius 3 is 1.90 bits per heavy atom. The fourth-order valence-corrected chi connectivity index (χ4v) is 7.63. The fraction of sp³-hybridized carbons (Fsp3) is 0.0444. The van der Waals surface area contributed by atoms with E-state index in [1.54, 1.807) is 0 Å². The van der Waals surface area contributed by atoms with E-state index in [0.29, 0.717) is 23.5 Å². The Bertz CT molecular complexity index is 2570. The summed E-state index contributed by atoms with van der Waals surface area (Å²) in [5.41, 5.74) is 9.82. The van der Waals surface area contributed by atoms with E-state index in [1.807, 2.05) is 60.7 Å². The summed E-state index contributed by atoms with van der Waals surface area (Å²) >= 11 is 0. The Kier molecular flexibility index (Phi) is 6.84. The van der Waals surface area contributed by atoms with E-state index in [2.05, 4.69) is 130 Å². The summed E-state index contributed by atoms with van der Waals surface area (Å²) in [6.45, 7) is 0. The maximum atomic E-state index is 5.06. The maximum Gasteiger partial charge on any atom is 0.238 e. The van der Waals surface area contributed by atoms with Crippen molar-refractivity contribution in [2.24, 2.45) is 0 Å². The molecule has 2 aromatic heterocycles. The van der Waals surface area contributed by atoms with Crippen LogP contribution in [0.25, 0.3) is 50.5 Å². The third kappa shape index (κ3) is 4.99. The lowest BCUT2D eigenvalue weighted by atomic mass is 9.91. The van der Waals surface area contributed by atoms with Crippen LogP contribution in [-0.2, 0) is 0 Å². The molecule has 3 heterocycles. The van der Waals surface area contributed by atoms with Gasteiger partial charge in [0.2, 0.25) is 5.95 Å². The van der Waals surface area contributed by atoms with Crippen molar-refractivity contribution in [1.29, 1.82) is 0 Å². The highest BCUT2D eigenvalue weighted by molar-refractivity contribution is 6.10. The second-order valence-electron chi connectivity index (χ2n) is 13.0. The summed E-state index contributed by atoms with van der Waals surface area (Å²) in [6.07, 6.45) is 8.95. The van der Waals surface area contributed by atoms with Gasteiger partial charge in [0.25, 0.3) is 0 Å². The zero-order valence-electron chi connectivity index (χ0n) is 27.6. The number of anilines is 4. The zero-order valence-corrected chi connectivity index (χ0v) is 27.6. The van der Waals surface area contributed by atoms with Crippen molar-refractivity contribution in [3.63, 3.8) is 0 Å². The van der Waals surface area contributed by atoms with Crippen LogP contribution in [0.3, 0.4) is 0 Å². The van der Waals surface area contributed by atoms with E-state index in [1.165, 1.54) is 16.9 Å². The predicted octanol–water partition coefficient (Wildman–Crippen LogP) is 10.8. The smallest absolute Gasteiger partial charge is 0.238 e. The average Bonchev–Trinajstić information content (AvgIpc) is 3.71. The molecule has 0 saturated carbocycles. The van der Waals surface area contributed by atoms with Gasteiger partial charge in [-0.1, -0.05) is 121 Å². The van der Waals surface area contributed by atoms with E-state index in [4.69, 9.17) is 15.0 Å². The van der Waals surface area contributed by atoms with E-state index >= 15 is 0 Å². The molecule has 1 aliphatic heterocycles. The molecule has 0 saturated heterocycles. The number of nitrogens with one attached hydrogen (secondary N) is 1. The van der Waals surface area contributed by atoms with Gasteiger partial charge in [0, 0.05) is 50.6 Å². The van der Waals surface area contributed by atoms with Crippen molar-refractivity contribution < 1.29 is 0 Å². The molecule has 6 heteroatoms. The number of hydrogen-bond donors (Lipinski definition) is 1. The first-order valence-corrected chi connectivity index (χ1v) is 17.3. The molecular weight excluding hydrogens is 625 g/mol. The Labute approximate surface area is 295 Å². The summed E-state index contributed by atoms with van der Waals surface area (Å²) in [6, 6.07) is 53.0. The summed E-state index contributed by atoms with van der Waals surface area (Å²) < 4.78 is 2.15. The molecule has 10 rings (SSSR count). The minimum Gasteiger partial charge on any atom is -0.356 e. The normalized spacial score (nSPS) is 16.0. The van der Waals surface area contributed by atoms with Gasteiger partial charge >= 0.3 is 0 Å². The number of hydrogen-bond acceptors (Lipinski definition) is 5. The molecule has 2 unspecified atom stereocenters. The zero-order chi connectivity index (χ0) is 33.7. The minimum absolute atomic E-state index is 0.280. The highest BCUT2D eigenvalue weighted by Gasteiger charge is 2.36. The summed E-state index contributed by atoms with van der Waals surface area (Å²) in [5, 5.41) is 5.92. The maximum absolute atomic E-state index is 5.06. The lowest BCUT2D eigenvalue weighted by Crippen LogP contribution is -2.28. The Balaban J connectivity index is 1.03. The molecule has 1 N–H and O–H groups in total. The van der Waals surface area contributed by atoms with E-state index in [9.17, 15) is 0 Å². The number of aromatic nitrogens is 4. The van der Waals surface area contributed by atoms with Gasteiger partial charge < -0.3 is 10.2 Å². The first kappa shape index (κ1) is 29.2. The molecule has 0 fully saturated rings. The first-order valence-electron chi connectivity index (χ1n) is 17.3. The van der Waals surface area contributed by atoms with Crippen LogP contribution in [0.4, 0.5) is 22.7 Å². The summed E-state index contributed by atoms with van der Waals surface area (Å²) in [7, 11) is 0. The van der Waals surface area contributed by atoms with Gasteiger partial charge in [-0.3, -0.25) is 4.57 Å². The van der Waals surface area contributed by atoms with Gasteiger partial charge in [0.1, 0.15) is 0 Å². The molecule has 0 radical (unpaired) electrons. The second-order valence-corrected chi connectivity index (χ2v) is 13.0. The summed E-state index contributed by atoms with van der Waals surface area (Å²) in [5.74, 6) is 2.22. The number of benzene rings is 6. The molecule has 242 valence electrons. The third-order valence-corrected chi connectivity index (χ3v) is 9.95. The summed E-state index contributed by atoms with van der Waals surface area (Å²) in [4.78, 5) is 17.5. The van der Waals surface area contributed by atoms with Crippen molar-refractivity contribution in [1.82, 2.24) is 19.5 Å². The largest absolute Gasteiger partial charge is 0.356 e. The number of fused-ring (bicyclic) bond motifs is 6. The van der Waals surface area contributed by atoms with Gasteiger partial charge in [-0.05, 0) is 60.2 Å². The standard InChI is InChI=1S/C45H32N6/c1-3-13-30(14-4-1)43-47-44(31-15-5-2-6-16-31)49-45(48-43)51-41-22-12-9-19-37(41)38-29-33(25-28-42(38)51)46-32-23-26-34(27-24-32)50-39-20-10-7-17-35(39)36-18-8-11-21-40(36)50/h1-29,35,39,46H. The van der Waals surface area contributed by atoms with E-state index < -0.39 is 0 Å². The molecule has 0 bridgehead atoms. The quantitative estimate of drug-likeness (QED) is 0.193. The van der Waals surface area contributed by atoms with Gasteiger partial charge in [-0.15, -0.1) is 0 Å². The van der Waals surface area contributed by atoms with Crippen LogP contribution >= 0.6 is 0 Å². The van der Waals surface area contributed by atoms with Crippen molar-refractivity contribution in [3.05, 3.63) is 182 Å². The molecule has 51 heavy (non-hydrogen) atoms. The van der Waals surface area contributed by atoms with Crippen LogP contribution in [0.1, 0.15) is 11.5 Å². The average molecular weight is 657 g/mol. The SMILES string of the molecule is C1=CC2c3ccccc3N(c3ccc(Nc4ccc5c(c4)c4ccccc4n5-c4nc(-c5ccccc5)nc(-c5ccccc5)n4)cc3)C2C=C1. The molecule has 8 aromatic rings. The van der Waals surface area contributed by atoms with E-state index in [-0.39, 0.29) is 6.04 Å². The van der Waals surface area contributed by atoms with Crippen LogP contribution in [0, 0.1) is 0 Å². The van der Waals surface area contributed by atoms with Gasteiger partial charge in [-0.2, -0.15) is 9.97 Å². The Morgan fingerprint density at radius 2 is 1.14 bits per heavy atom. The highest BCUT2D eigenvalue weighted by Crippen LogP contribution is 2.47. The van der Waals surface area contributed by atoms with Crippen LogP contribution in [0.2, 0.25) is 0 Å². The molecule has 0 spiro atoms. The first-order chi connectivity index (χ1) is 25.3. The molecule has 6 aromatic carbocycles. The molecule has 2 atom stereocenters. The number of nitrogens with zero attached hydrogens (tertiary/aromatic N) is 5. The lowest BCUT2D eigenvalue weighted by Gasteiger charge is -2.28. The van der Waals surface area contributed by atoms with Gasteiger partial charge in [0.05, 0.1) is 17.1 Å². The van der Waals surface area contributed by atoms with Crippen molar-refractivity contribution >= 4 is 44.6 Å². The molecule has 6 nitrogen and oxygen atoms in total. The van der Waals surface area contributed by atoms with Gasteiger partial charge in [-0.25, -0.2) is 4.98 Å². The minimum atomic E-state index is 0.280. The van der Waals surface area contributed by atoms with Crippen LogP contribution in [-0.4, -0.2) is 25.6 Å². The predicted molar refractivity (Wildman–Crippen MR) is 208 cm³/mol. The monoisotopic (exact) mass is 656 g/mol. The van der Waals surface area contributed by atoms with E-state index in [0.717, 1.165) is 44.3 Å². The molecule has 1 aliphatic carbocycles. The lowest BCUT2D eigenvalue weighted by molar-refractivity contribution is 0.745. The Hall–Kier alpha value is -6.79. The second kappa shape index (κ2) is 12.0. The topological polar surface area (TPSA) is 58.9 Å². The molecule has 0 amide bonds. The van der Waals surface area contributed by atoms with Crippen molar-refractivity contribution in [2.75, 3.05) is 10.2 Å². The highest BCUT2D eigenvalue weighted by atomic mass is 15.2. The Morgan fingerprint density at radius 1 is 0.510 bits per heavy atom. The van der Waals surface area contributed by atoms with Crippen LogP contribution < -0.4 is 10.2 Å². The number of allylic oxidation sites excluding steroid dienone is 2. The molecule has 2 aliphatic rings. The fourth-order valence-electron chi connectivity index (χ4n) is 7.63. The van der Waals surface area contributed by atoms with Crippen LogP contribution in [0.15, 0.2) is 176 Å².